The Kier molecular flexibility index (Phi) is 3.69. The van der Waals surface area contributed by atoms with E-state index < -0.39 is 0 Å². The normalized spacial score (nSPS) is 10.9. The number of amides is 1. The zero-order valence-corrected chi connectivity index (χ0v) is 11.0. The number of nitrogens with zero attached hydrogens (tertiary/aromatic N) is 2. The van der Waals surface area contributed by atoms with Gasteiger partial charge < -0.3 is 15.6 Å². The van der Waals surface area contributed by atoms with E-state index in [0.29, 0.717) is 23.1 Å². The molecule has 1 amide bonds. The largest absolute Gasteiger partial charge is 0.369 e. The Bertz CT molecular complexity index is 621. The minimum Gasteiger partial charge on any atom is -0.369 e. The lowest BCUT2D eigenvalue weighted by atomic mass is 10.2. The molecule has 5 nitrogen and oxygen atoms in total. The molecule has 102 valence electrons. The van der Waals surface area contributed by atoms with Gasteiger partial charge in [0.2, 0.25) is 11.9 Å². The molecular formula is C13H17FN4O. The first-order chi connectivity index (χ1) is 9.02. The van der Waals surface area contributed by atoms with Crippen molar-refractivity contribution in [2.45, 2.75) is 26.8 Å². The van der Waals surface area contributed by atoms with Crippen LogP contribution in [0.25, 0.3) is 11.0 Å². The highest BCUT2D eigenvalue weighted by atomic mass is 19.1. The van der Waals surface area contributed by atoms with Gasteiger partial charge in [0.25, 0.3) is 0 Å². The number of nitrogen functional groups attached to an aromatic ring is 1. The fourth-order valence-electron chi connectivity index (χ4n) is 1.90. The summed E-state index contributed by atoms with van der Waals surface area (Å²) in [6, 6.07) is 2.99. The average molecular weight is 264 g/mol. The molecule has 1 heterocycles. The summed E-state index contributed by atoms with van der Waals surface area (Å²) in [6.07, 6.45) is 0.871. The molecule has 0 atom stereocenters. The maximum atomic E-state index is 13.4. The second-order valence-electron chi connectivity index (χ2n) is 4.50. The van der Waals surface area contributed by atoms with Crippen LogP contribution in [0.15, 0.2) is 12.1 Å². The zero-order chi connectivity index (χ0) is 14.0. The number of nitrogens with one attached hydrogen (secondary N) is 1. The topological polar surface area (TPSA) is 72.9 Å². The van der Waals surface area contributed by atoms with Crippen molar-refractivity contribution in [1.82, 2.24) is 14.9 Å². The molecule has 0 fully saturated rings. The van der Waals surface area contributed by atoms with Gasteiger partial charge in [-0.1, -0.05) is 6.92 Å². The fourth-order valence-corrected chi connectivity index (χ4v) is 1.90. The average Bonchev–Trinajstić information content (AvgIpc) is 2.64. The number of anilines is 1. The van der Waals surface area contributed by atoms with Crippen LogP contribution in [0.1, 0.15) is 18.9 Å². The number of benzene rings is 1. The van der Waals surface area contributed by atoms with Crippen LogP contribution in [0.2, 0.25) is 0 Å². The number of aryl methyl sites for hydroxylation is 1. The van der Waals surface area contributed by atoms with Crippen LogP contribution in [0.5, 0.6) is 0 Å². The van der Waals surface area contributed by atoms with E-state index >= 15 is 0 Å². The fraction of sp³-hybridized carbons (Fsp3) is 0.385. The highest BCUT2D eigenvalue weighted by molar-refractivity contribution is 5.83. The summed E-state index contributed by atoms with van der Waals surface area (Å²) in [4.78, 5) is 15.8. The van der Waals surface area contributed by atoms with E-state index in [1.165, 1.54) is 6.07 Å². The molecular weight excluding hydrogens is 247 g/mol. The molecule has 0 aliphatic carbocycles. The molecule has 2 rings (SSSR count). The van der Waals surface area contributed by atoms with Crippen LogP contribution in [0, 0.1) is 12.7 Å². The van der Waals surface area contributed by atoms with Gasteiger partial charge in [0, 0.05) is 12.6 Å². The van der Waals surface area contributed by atoms with E-state index in [4.69, 9.17) is 5.73 Å². The first-order valence-corrected chi connectivity index (χ1v) is 6.21. The van der Waals surface area contributed by atoms with Gasteiger partial charge in [-0.3, -0.25) is 4.79 Å². The van der Waals surface area contributed by atoms with Gasteiger partial charge in [-0.25, -0.2) is 9.37 Å². The van der Waals surface area contributed by atoms with E-state index in [2.05, 4.69) is 10.3 Å². The number of hydrogen-bond donors (Lipinski definition) is 2. The molecule has 1 aromatic carbocycles. The standard InChI is InChI=1S/C13H17FN4O/c1-3-4-16-12(19)7-18-11-5-8(2)9(14)6-10(11)17-13(18)15/h5-6H,3-4,7H2,1-2H3,(H2,15,17)(H,16,19). The van der Waals surface area contributed by atoms with E-state index in [9.17, 15) is 9.18 Å². The zero-order valence-electron chi connectivity index (χ0n) is 11.0. The van der Waals surface area contributed by atoms with Crippen LogP contribution in [0.3, 0.4) is 0 Å². The van der Waals surface area contributed by atoms with Crippen molar-refractivity contribution in [2.24, 2.45) is 0 Å². The van der Waals surface area contributed by atoms with Gasteiger partial charge >= 0.3 is 0 Å². The van der Waals surface area contributed by atoms with Crippen molar-refractivity contribution >= 4 is 22.9 Å². The third kappa shape index (κ3) is 2.67. The van der Waals surface area contributed by atoms with Crippen molar-refractivity contribution < 1.29 is 9.18 Å². The molecule has 0 bridgehead atoms. The van der Waals surface area contributed by atoms with Crippen molar-refractivity contribution in [3.05, 3.63) is 23.5 Å². The third-order valence-electron chi connectivity index (χ3n) is 2.93. The Morgan fingerprint density at radius 3 is 2.95 bits per heavy atom. The second-order valence-corrected chi connectivity index (χ2v) is 4.50. The van der Waals surface area contributed by atoms with Crippen molar-refractivity contribution in [2.75, 3.05) is 12.3 Å². The lowest BCUT2D eigenvalue weighted by molar-refractivity contribution is -0.121. The maximum absolute atomic E-state index is 13.4. The van der Waals surface area contributed by atoms with Crippen LogP contribution in [-0.4, -0.2) is 22.0 Å². The summed E-state index contributed by atoms with van der Waals surface area (Å²) in [6.45, 7) is 4.36. The molecule has 0 saturated carbocycles. The van der Waals surface area contributed by atoms with Gasteiger partial charge in [0.15, 0.2) is 0 Å². The summed E-state index contributed by atoms with van der Waals surface area (Å²) in [7, 11) is 0. The predicted molar refractivity (Wildman–Crippen MR) is 72.1 cm³/mol. The predicted octanol–water partition coefficient (Wildman–Crippen LogP) is 1.59. The SMILES string of the molecule is CCCNC(=O)Cn1c(N)nc2cc(F)c(C)cc21. The molecule has 2 aromatic rings. The van der Waals surface area contributed by atoms with Gasteiger partial charge in [-0.05, 0) is 25.0 Å². The summed E-state index contributed by atoms with van der Waals surface area (Å²) < 4.78 is 15.0. The lowest BCUT2D eigenvalue weighted by Gasteiger charge is -2.07. The highest BCUT2D eigenvalue weighted by Gasteiger charge is 2.13. The smallest absolute Gasteiger partial charge is 0.240 e. The van der Waals surface area contributed by atoms with Crippen molar-refractivity contribution in [1.29, 1.82) is 0 Å². The van der Waals surface area contributed by atoms with Gasteiger partial charge in [-0.15, -0.1) is 0 Å². The van der Waals surface area contributed by atoms with Gasteiger partial charge in [-0.2, -0.15) is 0 Å². The van der Waals surface area contributed by atoms with E-state index in [0.717, 1.165) is 6.42 Å². The number of imidazole rings is 1. The first-order valence-electron chi connectivity index (χ1n) is 6.21. The number of fused-ring (bicyclic) bond motifs is 1. The Hall–Kier alpha value is -2.11. The molecule has 19 heavy (non-hydrogen) atoms. The van der Waals surface area contributed by atoms with E-state index in [1.807, 2.05) is 6.92 Å². The van der Waals surface area contributed by atoms with Crippen LogP contribution >= 0.6 is 0 Å². The molecule has 6 heteroatoms. The molecule has 0 saturated heterocycles. The first kappa shape index (κ1) is 13.3. The molecule has 3 N–H and O–H groups in total. The second kappa shape index (κ2) is 5.26. The van der Waals surface area contributed by atoms with E-state index in [-0.39, 0.29) is 24.2 Å². The molecule has 0 aliphatic heterocycles. The number of nitrogens with two attached hydrogens (primary N) is 1. The number of rotatable bonds is 4. The van der Waals surface area contributed by atoms with Crippen LogP contribution in [-0.2, 0) is 11.3 Å². The molecule has 1 aromatic heterocycles. The molecule has 0 spiro atoms. The Morgan fingerprint density at radius 1 is 1.53 bits per heavy atom. The molecule has 0 unspecified atom stereocenters. The van der Waals surface area contributed by atoms with E-state index in [1.54, 1.807) is 17.6 Å². The Labute approximate surface area is 110 Å². The van der Waals surface area contributed by atoms with Gasteiger partial charge in [0.05, 0.1) is 11.0 Å². The summed E-state index contributed by atoms with van der Waals surface area (Å²) in [5.74, 6) is -0.242. The van der Waals surface area contributed by atoms with Gasteiger partial charge in [0.1, 0.15) is 12.4 Å². The summed E-state index contributed by atoms with van der Waals surface area (Å²) >= 11 is 0. The third-order valence-corrected chi connectivity index (χ3v) is 2.93. The number of hydrogen-bond acceptors (Lipinski definition) is 3. The van der Waals surface area contributed by atoms with Crippen molar-refractivity contribution in [3.63, 3.8) is 0 Å². The lowest BCUT2D eigenvalue weighted by Crippen LogP contribution is -2.28. The Morgan fingerprint density at radius 2 is 2.26 bits per heavy atom. The summed E-state index contributed by atoms with van der Waals surface area (Å²) in [5.41, 5.74) is 7.41. The number of carbonyl (C=O) groups excluding carboxylic acids is 1. The van der Waals surface area contributed by atoms with Crippen molar-refractivity contribution in [3.8, 4) is 0 Å². The number of halogens is 1. The molecule has 0 radical (unpaired) electrons. The Balaban J connectivity index is 2.34. The number of carbonyl (C=O) groups is 1. The monoisotopic (exact) mass is 264 g/mol. The quantitative estimate of drug-likeness (QED) is 0.880. The molecule has 0 aliphatic rings. The minimum absolute atomic E-state index is 0.0907. The summed E-state index contributed by atoms with van der Waals surface area (Å²) in [5, 5.41) is 2.77. The highest BCUT2D eigenvalue weighted by Crippen LogP contribution is 2.21. The minimum atomic E-state index is -0.326. The van der Waals surface area contributed by atoms with Crippen LogP contribution in [0.4, 0.5) is 10.3 Å². The van der Waals surface area contributed by atoms with Crippen LogP contribution < -0.4 is 11.1 Å². The number of aromatic nitrogens is 2. The maximum Gasteiger partial charge on any atom is 0.240 e.